The van der Waals surface area contributed by atoms with Gasteiger partial charge in [-0.3, -0.25) is 4.98 Å². The van der Waals surface area contributed by atoms with E-state index in [2.05, 4.69) is 32.0 Å². The largest absolute Gasteiger partial charge is 0.479 e. The number of rotatable bonds is 5. The first-order valence-corrected chi connectivity index (χ1v) is 11.0. The highest BCUT2D eigenvalue weighted by molar-refractivity contribution is 6.30. The molecule has 0 saturated heterocycles. The van der Waals surface area contributed by atoms with Crippen LogP contribution in [0.5, 0.6) is 0 Å². The van der Waals surface area contributed by atoms with Crippen LogP contribution in [-0.4, -0.2) is 21.7 Å². The van der Waals surface area contributed by atoms with Crippen molar-refractivity contribution < 1.29 is 14.6 Å². The van der Waals surface area contributed by atoms with Crippen molar-refractivity contribution in [3.05, 3.63) is 75.4 Å². The lowest BCUT2D eigenvalue weighted by atomic mass is 9.88. The van der Waals surface area contributed by atoms with Crippen molar-refractivity contribution in [3.63, 3.8) is 0 Å². The number of pyridine rings is 1. The molecule has 3 rings (SSSR count). The molecule has 0 saturated carbocycles. The molecular formula is C27H30ClNO3. The quantitative estimate of drug-likeness (QED) is 0.444. The van der Waals surface area contributed by atoms with E-state index in [1.807, 2.05) is 58.9 Å². The lowest BCUT2D eigenvalue weighted by Crippen LogP contribution is -2.28. The number of aromatic nitrogens is 1. The molecule has 0 amide bonds. The van der Waals surface area contributed by atoms with Crippen LogP contribution in [0.1, 0.15) is 54.8 Å². The van der Waals surface area contributed by atoms with Gasteiger partial charge in [-0.05, 0) is 94.5 Å². The summed E-state index contributed by atoms with van der Waals surface area (Å²) in [7, 11) is 0. The van der Waals surface area contributed by atoms with E-state index < -0.39 is 17.7 Å². The number of aryl methyl sites for hydroxylation is 3. The minimum absolute atomic E-state index is 0.569. The first-order valence-electron chi connectivity index (χ1n) is 10.6. The fourth-order valence-electron chi connectivity index (χ4n) is 3.88. The highest BCUT2D eigenvalue weighted by Gasteiger charge is 2.32. The van der Waals surface area contributed by atoms with Crippen LogP contribution in [-0.2, 0) is 9.53 Å². The monoisotopic (exact) mass is 451 g/mol. The summed E-state index contributed by atoms with van der Waals surface area (Å²) in [4.78, 5) is 17.2. The molecule has 4 nitrogen and oxygen atoms in total. The Morgan fingerprint density at radius 1 is 0.969 bits per heavy atom. The van der Waals surface area contributed by atoms with E-state index in [0.717, 1.165) is 27.9 Å². The molecule has 1 atom stereocenters. The second-order valence-corrected chi connectivity index (χ2v) is 9.65. The number of carbonyl (C=O) groups is 1. The summed E-state index contributed by atoms with van der Waals surface area (Å²) < 4.78 is 6.02. The second kappa shape index (κ2) is 9.05. The molecule has 0 spiro atoms. The van der Waals surface area contributed by atoms with Gasteiger partial charge in [0.2, 0.25) is 0 Å². The van der Waals surface area contributed by atoms with E-state index >= 15 is 0 Å². The summed E-state index contributed by atoms with van der Waals surface area (Å²) >= 11 is 6.14. The number of ether oxygens (including phenoxy) is 1. The van der Waals surface area contributed by atoms with Gasteiger partial charge < -0.3 is 9.84 Å². The molecule has 0 aliphatic rings. The number of aliphatic carboxylic acids is 1. The van der Waals surface area contributed by atoms with Crippen LogP contribution in [0, 0.1) is 27.7 Å². The van der Waals surface area contributed by atoms with Crippen LogP contribution in [0.3, 0.4) is 0 Å². The van der Waals surface area contributed by atoms with Gasteiger partial charge in [-0.2, -0.15) is 0 Å². The first kappa shape index (κ1) is 24.0. The zero-order valence-corrected chi connectivity index (χ0v) is 20.5. The van der Waals surface area contributed by atoms with Crippen molar-refractivity contribution >= 4 is 17.6 Å². The molecule has 0 aliphatic heterocycles. The summed E-state index contributed by atoms with van der Waals surface area (Å²) in [5.74, 6) is -1.04. The van der Waals surface area contributed by atoms with Gasteiger partial charge in [0.25, 0.3) is 0 Å². The summed E-state index contributed by atoms with van der Waals surface area (Å²) in [5, 5.41) is 10.7. The molecule has 0 aliphatic carbocycles. The molecule has 0 radical (unpaired) electrons. The predicted octanol–water partition coefficient (Wildman–Crippen LogP) is 7.24. The molecule has 1 aromatic heterocycles. The minimum Gasteiger partial charge on any atom is -0.479 e. The van der Waals surface area contributed by atoms with Crippen molar-refractivity contribution in [2.24, 2.45) is 0 Å². The summed E-state index contributed by atoms with van der Waals surface area (Å²) in [5.41, 5.74) is 7.37. The van der Waals surface area contributed by atoms with Gasteiger partial charge in [-0.1, -0.05) is 35.9 Å². The summed E-state index contributed by atoms with van der Waals surface area (Å²) in [6.07, 6.45) is -1.15. The van der Waals surface area contributed by atoms with Crippen LogP contribution in [0.25, 0.3) is 22.4 Å². The number of halogens is 1. The van der Waals surface area contributed by atoms with E-state index in [1.165, 1.54) is 11.1 Å². The molecule has 0 unspecified atom stereocenters. The molecule has 0 bridgehead atoms. The zero-order chi connectivity index (χ0) is 23.8. The van der Waals surface area contributed by atoms with Gasteiger partial charge in [0.15, 0.2) is 6.10 Å². The number of hydrogen-bond donors (Lipinski definition) is 1. The fraction of sp³-hybridized carbons (Fsp3) is 0.333. The Bertz CT molecular complexity index is 1160. The first-order chi connectivity index (χ1) is 14.9. The average Bonchev–Trinajstić information content (AvgIpc) is 2.70. The topological polar surface area (TPSA) is 59.4 Å². The van der Waals surface area contributed by atoms with E-state index in [4.69, 9.17) is 21.3 Å². The Kier molecular flexibility index (Phi) is 6.77. The zero-order valence-electron chi connectivity index (χ0n) is 19.7. The Morgan fingerprint density at radius 2 is 1.56 bits per heavy atom. The number of benzene rings is 2. The minimum atomic E-state index is -1.15. The summed E-state index contributed by atoms with van der Waals surface area (Å²) in [6, 6.07) is 13.7. The van der Waals surface area contributed by atoms with Crippen LogP contribution in [0.4, 0.5) is 0 Å². The van der Waals surface area contributed by atoms with Crippen molar-refractivity contribution in [2.45, 2.75) is 60.2 Å². The molecule has 168 valence electrons. The van der Waals surface area contributed by atoms with Crippen LogP contribution in [0.15, 0.2) is 42.5 Å². The lowest BCUT2D eigenvalue weighted by molar-refractivity contribution is -0.160. The van der Waals surface area contributed by atoms with Crippen LogP contribution < -0.4 is 0 Å². The smallest absolute Gasteiger partial charge is 0.337 e. The number of hydrogen-bond acceptors (Lipinski definition) is 3. The standard InChI is InChI=1S/C27H30ClNO3/c1-15-8-9-20(14-16(15)2)24-17(3)22(19-10-12-21(28)13-11-19)23(18(4)29-24)25(26(30)31)32-27(5,6)7/h8-14,25H,1-7H3,(H,30,31)/t25-/m0/s1. The van der Waals surface area contributed by atoms with E-state index in [1.54, 1.807) is 0 Å². The third kappa shape index (κ3) is 5.03. The normalized spacial score (nSPS) is 12.6. The molecule has 32 heavy (non-hydrogen) atoms. The van der Waals surface area contributed by atoms with Gasteiger partial charge in [0.1, 0.15) is 0 Å². The number of carboxylic acids is 1. The van der Waals surface area contributed by atoms with Gasteiger partial charge in [0.05, 0.1) is 11.3 Å². The molecule has 1 N–H and O–H groups in total. The van der Waals surface area contributed by atoms with Crippen molar-refractivity contribution in [2.75, 3.05) is 0 Å². The maximum Gasteiger partial charge on any atom is 0.337 e. The van der Waals surface area contributed by atoms with Crippen molar-refractivity contribution in [1.29, 1.82) is 0 Å². The molecule has 0 fully saturated rings. The highest BCUT2D eigenvalue weighted by Crippen LogP contribution is 2.40. The Labute approximate surface area is 195 Å². The van der Waals surface area contributed by atoms with Crippen molar-refractivity contribution in [1.82, 2.24) is 4.98 Å². The predicted molar refractivity (Wildman–Crippen MR) is 130 cm³/mol. The molecule has 2 aromatic carbocycles. The van der Waals surface area contributed by atoms with Gasteiger partial charge in [-0.25, -0.2) is 4.79 Å². The second-order valence-electron chi connectivity index (χ2n) is 9.21. The SMILES string of the molecule is Cc1ccc(-c2nc(C)c([C@H](OC(C)(C)C)C(=O)O)c(-c3ccc(Cl)cc3)c2C)cc1C. The third-order valence-corrected chi connectivity index (χ3v) is 5.79. The van der Waals surface area contributed by atoms with E-state index in [-0.39, 0.29) is 0 Å². The lowest BCUT2D eigenvalue weighted by Gasteiger charge is -2.29. The van der Waals surface area contributed by atoms with Gasteiger partial charge in [0, 0.05) is 21.8 Å². The van der Waals surface area contributed by atoms with Crippen molar-refractivity contribution in [3.8, 4) is 22.4 Å². The maximum absolute atomic E-state index is 12.3. The molecule has 1 heterocycles. The fourth-order valence-corrected chi connectivity index (χ4v) is 4.00. The Morgan fingerprint density at radius 3 is 2.09 bits per heavy atom. The van der Waals surface area contributed by atoms with Gasteiger partial charge >= 0.3 is 5.97 Å². The number of carboxylic acid groups (broad SMARTS) is 1. The van der Waals surface area contributed by atoms with Crippen LogP contribution >= 0.6 is 11.6 Å². The summed E-state index contributed by atoms with van der Waals surface area (Å²) in [6.45, 7) is 13.5. The third-order valence-electron chi connectivity index (χ3n) is 5.54. The average molecular weight is 452 g/mol. The highest BCUT2D eigenvalue weighted by atomic mass is 35.5. The van der Waals surface area contributed by atoms with Crippen LogP contribution in [0.2, 0.25) is 5.02 Å². The van der Waals surface area contributed by atoms with E-state index in [0.29, 0.717) is 16.3 Å². The van der Waals surface area contributed by atoms with E-state index in [9.17, 15) is 9.90 Å². The van der Waals surface area contributed by atoms with Gasteiger partial charge in [-0.15, -0.1) is 0 Å². The molecule has 3 aromatic rings. The maximum atomic E-state index is 12.3. The Balaban J connectivity index is 2.36. The number of nitrogens with zero attached hydrogens (tertiary/aromatic N) is 1. The Hall–Kier alpha value is -2.69. The molecular weight excluding hydrogens is 422 g/mol. The molecule has 5 heteroatoms.